The molecule has 2 amide bonds. The molecule has 3 aromatic rings. The van der Waals surface area contributed by atoms with E-state index in [0.29, 0.717) is 47.1 Å². The summed E-state index contributed by atoms with van der Waals surface area (Å²) in [6.45, 7) is 5.95. The molecule has 174 valence electrons. The Morgan fingerprint density at radius 1 is 1.15 bits per heavy atom. The molecular formula is C22H26N5O5S+. The number of anilines is 1. The van der Waals surface area contributed by atoms with Crippen molar-refractivity contribution in [2.75, 3.05) is 29.9 Å². The van der Waals surface area contributed by atoms with E-state index in [9.17, 15) is 19.2 Å². The molecule has 1 aromatic carbocycles. The number of aryl methyl sites for hydroxylation is 1. The van der Waals surface area contributed by atoms with Crippen molar-refractivity contribution in [3.8, 4) is 5.88 Å². The number of benzene rings is 1. The molecule has 1 saturated heterocycles. The Labute approximate surface area is 193 Å². The smallest absolute Gasteiger partial charge is 0.391 e. The number of hydrogen-bond donors (Lipinski definition) is 3. The van der Waals surface area contributed by atoms with E-state index in [0.717, 1.165) is 0 Å². The number of ether oxygens (including phenoxy) is 1. The summed E-state index contributed by atoms with van der Waals surface area (Å²) in [7, 11) is 0. The molecule has 0 spiro atoms. The van der Waals surface area contributed by atoms with Crippen molar-refractivity contribution < 1.29 is 24.0 Å². The van der Waals surface area contributed by atoms with E-state index in [1.807, 2.05) is 0 Å². The molecule has 0 saturated carbocycles. The molecule has 11 heteroatoms. The van der Waals surface area contributed by atoms with Crippen LogP contribution < -0.4 is 10.1 Å². The van der Waals surface area contributed by atoms with Crippen LogP contribution >= 0.6 is 0 Å². The fourth-order valence-corrected chi connectivity index (χ4v) is 4.46. The van der Waals surface area contributed by atoms with E-state index in [1.165, 1.54) is 15.5 Å². The highest BCUT2D eigenvalue weighted by Crippen LogP contribution is 2.22. The number of carbonyl (C=O) groups is 2. The first-order chi connectivity index (χ1) is 15.6. The quantitative estimate of drug-likeness (QED) is 0.497. The minimum Gasteiger partial charge on any atom is -0.391 e. The predicted molar refractivity (Wildman–Crippen MR) is 125 cm³/mol. The Morgan fingerprint density at radius 3 is 2.45 bits per heavy atom. The molecule has 1 aliphatic heterocycles. The van der Waals surface area contributed by atoms with Gasteiger partial charge in [0.15, 0.2) is 17.2 Å². The van der Waals surface area contributed by atoms with Crippen LogP contribution in [0.15, 0.2) is 36.4 Å². The van der Waals surface area contributed by atoms with Gasteiger partial charge in [0.05, 0.1) is 24.4 Å². The summed E-state index contributed by atoms with van der Waals surface area (Å²) < 4.78 is 16.7. The van der Waals surface area contributed by atoms with E-state index in [2.05, 4.69) is 15.4 Å². The first-order valence-corrected chi connectivity index (χ1v) is 12.0. The topological polar surface area (TPSA) is 129 Å². The zero-order valence-electron chi connectivity index (χ0n) is 18.6. The number of fused-ring (bicyclic) bond motifs is 1. The third-order valence-electron chi connectivity index (χ3n) is 5.26. The molecule has 3 heterocycles. The van der Waals surface area contributed by atoms with Crippen LogP contribution in [-0.4, -0.2) is 65.8 Å². The van der Waals surface area contributed by atoms with Crippen LogP contribution in [0.5, 0.6) is 5.88 Å². The van der Waals surface area contributed by atoms with Crippen LogP contribution in [0.1, 0.15) is 35.5 Å². The van der Waals surface area contributed by atoms with E-state index in [4.69, 9.17) is 4.74 Å². The van der Waals surface area contributed by atoms with Gasteiger partial charge in [-0.25, -0.2) is 9.78 Å². The van der Waals surface area contributed by atoms with Gasteiger partial charge in [0.1, 0.15) is 17.0 Å². The monoisotopic (exact) mass is 472 g/mol. The molecule has 4 rings (SSSR count). The number of aliphatic hydroxyl groups is 1. The molecule has 0 bridgehead atoms. The van der Waals surface area contributed by atoms with Crippen LogP contribution in [0.25, 0.3) is 5.65 Å². The zero-order chi connectivity index (χ0) is 23.8. The van der Waals surface area contributed by atoms with E-state index >= 15 is 0 Å². The van der Waals surface area contributed by atoms with Gasteiger partial charge < -0.3 is 15.2 Å². The molecule has 0 radical (unpaired) electrons. The number of amides is 2. The van der Waals surface area contributed by atoms with Crippen molar-refractivity contribution in [1.82, 2.24) is 19.5 Å². The van der Waals surface area contributed by atoms with Crippen molar-refractivity contribution in [3.05, 3.63) is 53.2 Å². The second-order valence-corrected chi connectivity index (χ2v) is 10.1. The fraction of sp³-hybridized carbons (Fsp3) is 0.364. The summed E-state index contributed by atoms with van der Waals surface area (Å²) in [6, 6.07) is 9.78. The number of rotatable bonds is 4. The van der Waals surface area contributed by atoms with Crippen LogP contribution in [0.4, 0.5) is 10.6 Å². The first-order valence-electron chi connectivity index (χ1n) is 10.5. The van der Waals surface area contributed by atoms with Crippen LogP contribution in [0.3, 0.4) is 0 Å². The SMILES string of the molecule is Cc1cc2nc(NC(=O)c3ccc(C(C)(C)O)cc3)cc(OC(=O)N3CC[S+](O)CC3)n2n1. The Bertz CT molecular complexity index is 1180. The Morgan fingerprint density at radius 2 is 1.82 bits per heavy atom. The van der Waals surface area contributed by atoms with Gasteiger partial charge in [-0.1, -0.05) is 12.1 Å². The van der Waals surface area contributed by atoms with Gasteiger partial charge in [-0.3, -0.25) is 9.69 Å². The summed E-state index contributed by atoms with van der Waals surface area (Å²) in [5.74, 6) is 0.982. The summed E-state index contributed by atoms with van der Waals surface area (Å²) >= 11 is -0.667. The standard InChI is InChI=1S/C22H25N5O5S/c1-14-12-18-23-17(24-20(28)15-4-6-16(7-5-15)22(2,3)30)13-19(27(18)25-14)32-21(29)26-8-10-33(31)11-9-26/h4-7,12-13,30-31H,8-11H2,1-3H3/p+1. The van der Waals surface area contributed by atoms with E-state index in [1.54, 1.807) is 51.1 Å². The Hall–Kier alpha value is -3.15. The van der Waals surface area contributed by atoms with Crippen LogP contribution in [0.2, 0.25) is 0 Å². The number of aromatic nitrogens is 3. The highest BCUT2D eigenvalue weighted by molar-refractivity contribution is 7.91. The molecule has 10 nitrogen and oxygen atoms in total. The minimum absolute atomic E-state index is 0.124. The molecule has 33 heavy (non-hydrogen) atoms. The average Bonchev–Trinajstić information content (AvgIpc) is 3.14. The molecule has 0 atom stereocenters. The van der Waals surface area contributed by atoms with Gasteiger partial charge in [0, 0.05) is 17.7 Å². The molecule has 0 unspecified atom stereocenters. The lowest BCUT2D eigenvalue weighted by Crippen LogP contribution is -2.45. The zero-order valence-corrected chi connectivity index (χ0v) is 19.4. The lowest BCUT2D eigenvalue weighted by Gasteiger charge is -2.23. The second-order valence-electron chi connectivity index (χ2n) is 8.35. The number of carbonyl (C=O) groups excluding carboxylic acids is 2. The van der Waals surface area contributed by atoms with Crippen molar-refractivity contribution in [3.63, 3.8) is 0 Å². The number of nitrogens with one attached hydrogen (secondary N) is 1. The molecule has 1 aliphatic rings. The predicted octanol–water partition coefficient (Wildman–Crippen LogP) is 2.42. The lowest BCUT2D eigenvalue weighted by molar-refractivity contribution is 0.0784. The summed E-state index contributed by atoms with van der Waals surface area (Å²) in [5.41, 5.74) is 1.16. The molecule has 0 aliphatic carbocycles. The highest BCUT2D eigenvalue weighted by Gasteiger charge is 2.30. The highest BCUT2D eigenvalue weighted by atomic mass is 32.2. The van der Waals surface area contributed by atoms with Gasteiger partial charge >= 0.3 is 6.09 Å². The molecular weight excluding hydrogens is 446 g/mol. The Kier molecular flexibility index (Phi) is 6.28. The minimum atomic E-state index is -1.01. The lowest BCUT2D eigenvalue weighted by atomic mass is 9.97. The van der Waals surface area contributed by atoms with Crippen molar-refractivity contribution in [2.24, 2.45) is 0 Å². The second kappa shape index (κ2) is 9.00. The average molecular weight is 473 g/mol. The van der Waals surface area contributed by atoms with Gasteiger partial charge in [0.2, 0.25) is 5.88 Å². The van der Waals surface area contributed by atoms with Crippen molar-refractivity contribution in [2.45, 2.75) is 26.4 Å². The maximum absolute atomic E-state index is 12.8. The van der Waals surface area contributed by atoms with E-state index < -0.39 is 28.8 Å². The number of nitrogens with zero attached hydrogens (tertiary/aromatic N) is 4. The summed E-state index contributed by atoms with van der Waals surface area (Å²) in [5, 5.41) is 17.1. The van der Waals surface area contributed by atoms with Crippen LogP contribution in [0, 0.1) is 6.92 Å². The van der Waals surface area contributed by atoms with Gasteiger partial charge in [0.25, 0.3) is 5.91 Å². The molecule has 1 fully saturated rings. The Balaban J connectivity index is 1.56. The largest absolute Gasteiger partial charge is 0.416 e. The maximum Gasteiger partial charge on any atom is 0.416 e. The van der Waals surface area contributed by atoms with Crippen LogP contribution in [-0.2, 0) is 16.8 Å². The molecule has 3 N–H and O–H groups in total. The third kappa shape index (κ3) is 5.27. The van der Waals surface area contributed by atoms with Crippen molar-refractivity contribution in [1.29, 1.82) is 0 Å². The van der Waals surface area contributed by atoms with Gasteiger partial charge in [-0.15, -0.1) is 0 Å². The van der Waals surface area contributed by atoms with Gasteiger partial charge in [-0.2, -0.15) is 14.2 Å². The van der Waals surface area contributed by atoms with E-state index in [-0.39, 0.29) is 11.7 Å². The normalized spacial score (nSPS) is 15.0. The van der Waals surface area contributed by atoms with Crippen molar-refractivity contribution >= 4 is 34.6 Å². The fourth-order valence-electron chi connectivity index (χ4n) is 3.40. The summed E-state index contributed by atoms with van der Waals surface area (Å²) in [4.78, 5) is 31.3. The van der Waals surface area contributed by atoms with Gasteiger partial charge in [-0.05, 0) is 38.5 Å². The summed E-state index contributed by atoms with van der Waals surface area (Å²) in [6.07, 6.45) is -0.549. The maximum atomic E-state index is 12.8. The first kappa shape index (κ1) is 23.0. The number of hydrogen-bond acceptors (Lipinski definition) is 7. The third-order valence-corrected chi connectivity index (χ3v) is 6.56. The molecule has 2 aromatic heterocycles.